The fourth-order valence-corrected chi connectivity index (χ4v) is 4.27. The van der Waals surface area contributed by atoms with Gasteiger partial charge >= 0.3 is 0 Å². The number of allylic oxidation sites excluding steroid dienone is 1. The second-order valence-corrected chi connectivity index (χ2v) is 9.29. The van der Waals surface area contributed by atoms with Crippen LogP contribution in [0.2, 0.25) is 0 Å². The zero-order valence-electron chi connectivity index (χ0n) is 17.6. The molecule has 148 valence electrons. The Bertz CT molecular complexity index is 894. The molecule has 3 heteroatoms. The fraction of sp³-hybridized carbons (Fsp3) is 0.400. The number of para-hydroxylation sites is 1. The molecule has 0 bridgehead atoms. The Kier molecular flexibility index (Phi) is 5.24. The topological polar surface area (TPSA) is 40.5 Å². The van der Waals surface area contributed by atoms with E-state index in [1.165, 1.54) is 0 Å². The first-order chi connectivity index (χ1) is 13.0. The van der Waals surface area contributed by atoms with Crippen LogP contribution in [0.15, 0.2) is 60.8 Å². The Labute approximate surface area is 168 Å². The van der Waals surface area contributed by atoms with Gasteiger partial charge < -0.3 is 10.0 Å². The van der Waals surface area contributed by atoms with Gasteiger partial charge in [0.2, 0.25) is 0 Å². The van der Waals surface area contributed by atoms with Crippen molar-refractivity contribution in [3.8, 4) is 0 Å². The number of fused-ring (bicyclic) bond motifs is 1. The van der Waals surface area contributed by atoms with E-state index in [1.54, 1.807) is 6.92 Å². The third-order valence-electron chi connectivity index (χ3n) is 5.73. The van der Waals surface area contributed by atoms with E-state index >= 15 is 0 Å². The molecule has 0 saturated carbocycles. The molecule has 2 aromatic rings. The standard InChI is InChI=1S/C25H31NO2/c1-17(27)15-24(3,4)16-23(28)19-12-13-22-21(14-19)25(5,6)18(2)26(22)20-10-8-7-9-11-20/h7-14,17,27H,2,15-16H2,1,3-6H3/t17-/m1/s1. The Morgan fingerprint density at radius 2 is 1.82 bits per heavy atom. The molecular weight excluding hydrogens is 346 g/mol. The maximum absolute atomic E-state index is 13.0. The van der Waals surface area contributed by atoms with E-state index in [-0.39, 0.29) is 16.6 Å². The first-order valence-corrected chi connectivity index (χ1v) is 9.93. The van der Waals surface area contributed by atoms with E-state index in [4.69, 9.17) is 0 Å². The first-order valence-electron chi connectivity index (χ1n) is 9.93. The minimum atomic E-state index is -0.412. The molecular formula is C25H31NO2. The summed E-state index contributed by atoms with van der Waals surface area (Å²) in [6.07, 6.45) is 0.610. The molecule has 0 fully saturated rings. The molecule has 3 rings (SSSR count). The second-order valence-electron chi connectivity index (χ2n) is 9.29. The average Bonchev–Trinajstić information content (AvgIpc) is 2.80. The molecule has 1 heterocycles. The summed E-state index contributed by atoms with van der Waals surface area (Å²) in [7, 11) is 0. The number of hydrogen-bond acceptors (Lipinski definition) is 3. The summed E-state index contributed by atoms with van der Waals surface area (Å²) < 4.78 is 0. The van der Waals surface area contributed by atoms with Crippen LogP contribution in [-0.4, -0.2) is 17.0 Å². The van der Waals surface area contributed by atoms with Gasteiger partial charge in [0.1, 0.15) is 0 Å². The van der Waals surface area contributed by atoms with Gasteiger partial charge in [-0.25, -0.2) is 0 Å². The highest BCUT2D eigenvalue weighted by Crippen LogP contribution is 2.50. The minimum Gasteiger partial charge on any atom is -0.393 e. The van der Waals surface area contributed by atoms with Crippen LogP contribution in [0, 0.1) is 5.41 Å². The molecule has 0 unspecified atom stereocenters. The number of aliphatic hydroxyl groups excluding tert-OH is 1. The van der Waals surface area contributed by atoms with E-state index < -0.39 is 6.10 Å². The van der Waals surface area contributed by atoms with E-state index in [0.29, 0.717) is 12.8 Å². The maximum atomic E-state index is 13.0. The normalized spacial score (nSPS) is 16.8. The van der Waals surface area contributed by atoms with Gasteiger partial charge in [0.25, 0.3) is 0 Å². The summed E-state index contributed by atoms with van der Waals surface area (Å²) >= 11 is 0. The number of rotatable bonds is 6. The van der Waals surface area contributed by atoms with Gasteiger partial charge in [0.05, 0.1) is 6.10 Å². The van der Waals surface area contributed by atoms with Gasteiger partial charge in [0.15, 0.2) is 5.78 Å². The van der Waals surface area contributed by atoms with E-state index in [9.17, 15) is 9.90 Å². The van der Waals surface area contributed by atoms with E-state index in [2.05, 4.69) is 37.5 Å². The van der Waals surface area contributed by atoms with Crippen LogP contribution in [0.5, 0.6) is 0 Å². The van der Waals surface area contributed by atoms with E-state index in [1.807, 2.05) is 50.2 Å². The van der Waals surface area contributed by atoms with Crippen molar-refractivity contribution in [2.45, 2.75) is 59.0 Å². The lowest BCUT2D eigenvalue weighted by Gasteiger charge is -2.26. The van der Waals surface area contributed by atoms with Gasteiger partial charge in [0, 0.05) is 34.5 Å². The number of hydrogen-bond donors (Lipinski definition) is 1. The number of Topliss-reactive ketones (excluding diaryl/α,β-unsaturated/α-hetero) is 1. The van der Waals surface area contributed by atoms with Crippen molar-refractivity contribution in [3.05, 3.63) is 71.9 Å². The van der Waals surface area contributed by atoms with Gasteiger partial charge in [-0.2, -0.15) is 0 Å². The van der Waals surface area contributed by atoms with Crippen LogP contribution in [0.3, 0.4) is 0 Å². The number of carbonyl (C=O) groups excluding carboxylic acids is 1. The van der Waals surface area contributed by atoms with Crippen molar-refractivity contribution in [1.29, 1.82) is 0 Å². The second kappa shape index (κ2) is 7.21. The summed E-state index contributed by atoms with van der Waals surface area (Å²) in [5.41, 5.74) is 4.54. The molecule has 0 radical (unpaired) electrons. The van der Waals surface area contributed by atoms with Gasteiger partial charge in [-0.15, -0.1) is 0 Å². The molecule has 0 amide bonds. The highest BCUT2D eigenvalue weighted by atomic mass is 16.3. The predicted octanol–water partition coefficient (Wildman–Crippen LogP) is 6.00. The summed E-state index contributed by atoms with van der Waals surface area (Å²) in [5, 5.41) is 9.71. The third kappa shape index (κ3) is 3.77. The van der Waals surface area contributed by atoms with Crippen LogP contribution in [-0.2, 0) is 5.41 Å². The smallest absolute Gasteiger partial charge is 0.163 e. The summed E-state index contributed by atoms with van der Waals surface area (Å²) in [5.74, 6) is 0.119. The van der Waals surface area contributed by atoms with Crippen LogP contribution < -0.4 is 4.90 Å². The molecule has 1 atom stereocenters. The number of nitrogens with zero attached hydrogens (tertiary/aromatic N) is 1. The maximum Gasteiger partial charge on any atom is 0.163 e. The quantitative estimate of drug-likeness (QED) is 0.628. The van der Waals surface area contributed by atoms with Gasteiger partial charge in [-0.3, -0.25) is 4.79 Å². The highest BCUT2D eigenvalue weighted by Gasteiger charge is 2.40. The first kappa shape index (κ1) is 20.3. The predicted molar refractivity (Wildman–Crippen MR) is 116 cm³/mol. The third-order valence-corrected chi connectivity index (χ3v) is 5.73. The fourth-order valence-electron chi connectivity index (χ4n) is 4.27. The lowest BCUT2D eigenvalue weighted by atomic mass is 9.79. The molecule has 0 aliphatic carbocycles. The van der Waals surface area contributed by atoms with Crippen LogP contribution in [0.1, 0.15) is 63.4 Å². The van der Waals surface area contributed by atoms with Gasteiger partial charge in [-0.05, 0) is 54.7 Å². The van der Waals surface area contributed by atoms with Crippen molar-refractivity contribution in [2.24, 2.45) is 5.41 Å². The lowest BCUT2D eigenvalue weighted by Crippen LogP contribution is -2.23. The van der Waals surface area contributed by atoms with Gasteiger partial charge in [-0.1, -0.05) is 52.5 Å². The monoisotopic (exact) mass is 377 g/mol. The van der Waals surface area contributed by atoms with E-state index in [0.717, 1.165) is 28.2 Å². The number of ketones is 1. The molecule has 2 aromatic carbocycles. The zero-order valence-corrected chi connectivity index (χ0v) is 17.6. The van der Waals surface area contributed by atoms with Crippen molar-refractivity contribution in [2.75, 3.05) is 4.90 Å². The van der Waals surface area contributed by atoms with Crippen molar-refractivity contribution >= 4 is 17.2 Å². The molecule has 1 N–H and O–H groups in total. The van der Waals surface area contributed by atoms with Crippen molar-refractivity contribution < 1.29 is 9.90 Å². The Morgan fingerprint density at radius 1 is 1.18 bits per heavy atom. The Morgan fingerprint density at radius 3 is 2.43 bits per heavy atom. The molecule has 1 aliphatic heterocycles. The number of benzene rings is 2. The molecule has 0 saturated heterocycles. The molecule has 0 aromatic heterocycles. The van der Waals surface area contributed by atoms with Crippen LogP contribution >= 0.6 is 0 Å². The largest absolute Gasteiger partial charge is 0.393 e. The molecule has 1 aliphatic rings. The number of aliphatic hydroxyl groups is 1. The SMILES string of the molecule is C=C1N(c2ccccc2)c2ccc(C(=O)CC(C)(C)C[C@@H](C)O)cc2C1(C)C. The lowest BCUT2D eigenvalue weighted by molar-refractivity contribution is 0.0857. The zero-order chi connectivity index (χ0) is 20.7. The number of anilines is 2. The van der Waals surface area contributed by atoms with Crippen molar-refractivity contribution in [1.82, 2.24) is 0 Å². The summed E-state index contributed by atoms with van der Waals surface area (Å²) in [4.78, 5) is 15.1. The Hall–Kier alpha value is -2.39. The van der Waals surface area contributed by atoms with Crippen LogP contribution in [0.25, 0.3) is 0 Å². The average molecular weight is 378 g/mol. The summed E-state index contributed by atoms with van der Waals surface area (Å²) in [6.45, 7) is 14.5. The highest BCUT2D eigenvalue weighted by molar-refractivity contribution is 5.98. The van der Waals surface area contributed by atoms with Crippen molar-refractivity contribution in [3.63, 3.8) is 0 Å². The molecule has 0 spiro atoms. The number of carbonyl (C=O) groups is 1. The Balaban J connectivity index is 1.96. The molecule has 28 heavy (non-hydrogen) atoms. The van der Waals surface area contributed by atoms with Crippen LogP contribution in [0.4, 0.5) is 11.4 Å². The minimum absolute atomic E-state index is 0.119. The molecule has 3 nitrogen and oxygen atoms in total. The summed E-state index contributed by atoms with van der Waals surface area (Å²) in [6, 6.07) is 16.2.